The third kappa shape index (κ3) is 3.44. The summed E-state index contributed by atoms with van der Waals surface area (Å²) in [6, 6.07) is 10.8. The maximum absolute atomic E-state index is 9.01. The average Bonchev–Trinajstić information content (AvgIpc) is 2.69. The highest BCUT2D eigenvalue weighted by atomic mass is 32.1. The van der Waals surface area contributed by atoms with Gasteiger partial charge in [-0.25, -0.2) is 0 Å². The molecular weight excluding hydrogens is 254 g/mol. The van der Waals surface area contributed by atoms with E-state index in [1.54, 1.807) is 0 Å². The molecule has 0 aliphatic heterocycles. The minimum atomic E-state index is 0.204. The number of benzene rings is 1. The highest BCUT2D eigenvalue weighted by Crippen LogP contribution is 2.34. The highest BCUT2D eigenvalue weighted by Gasteiger charge is 2.11. The summed E-state index contributed by atoms with van der Waals surface area (Å²) >= 11 is 1.85. The number of nitrogens with zero attached hydrogens (tertiary/aromatic N) is 1. The molecule has 1 N–H and O–H groups in total. The Labute approximate surface area is 119 Å². The lowest BCUT2D eigenvalue weighted by Gasteiger charge is -2.17. The summed E-state index contributed by atoms with van der Waals surface area (Å²) in [5.41, 5.74) is 3.99. The third-order valence-corrected chi connectivity index (χ3v) is 4.41. The fourth-order valence-electron chi connectivity index (χ4n) is 2.33. The van der Waals surface area contributed by atoms with Crippen LogP contribution in [0.5, 0.6) is 0 Å². The molecule has 1 aromatic heterocycles. The molecule has 3 heteroatoms. The standard InChI is InChI=1S/C16H21NOS/c1-12-10-13(2)19-16(12)15-7-5-4-6-14(15)11-17(3)8-9-18/h4-7,10,18H,8-9,11H2,1-3H3. The van der Waals surface area contributed by atoms with Crippen LogP contribution in [0.25, 0.3) is 10.4 Å². The molecular formula is C16H21NOS. The second-order valence-corrected chi connectivity index (χ2v) is 6.24. The summed E-state index contributed by atoms with van der Waals surface area (Å²) in [4.78, 5) is 4.87. The van der Waals surface area contributed by atoms with Crippen LogP contribution in [0.3, 0.4) is 0 Å². The fraction of sp³-hybridized carbons (Fsp3) is 0.375. The molecule has 0 saturated carbocycles. The zero-order valence-corrected chi connectivity index (χ0v) is 12.6. The molecule has 0 fully saturated rings. The van der Waals surface area contributed by atoms with Crippen molar-refractivity contribution in [2.45, 2.75) is 20.4 Å². The Bertz CT molecular complexity index is 547. The van der Waals surface area contributed by atoms with Crippen molar-refractivity contribution in [2.24, 2.45) is 0 Å². The molecule has 0 amide bonds. The fourth-order valence-corrected chi connectivity index (χ4v) is 3.42. The number of aliphatic hydroxyl groups is 1. The van der Waals surface area contributed by atoms with Gasteiger partial charge in [0.15, 0.2) is 0 Å². The van der Waals surface area contributed by atoms with Crippen molar-refractivity contribution >= 4 is 11.3 Å². The molecule has 2 nitrogen and oxygen atoms in total. The first-order chi connectivity index (χ1) is 9.11. The molecule has 2 rings (SSSR count). The quantitative estimate of drug-likeness (QED) is 0.903. The third-order valence-electron chi connectivity index (χ3n) is 3.22. The molecule has 0 atom stereocenters. The molecule has 1 heterocycles. The van der Waals surface area contributed by atoms with Crippen LogP contribution in [0.15, 0.2) is 30.3 Å². The second kappa shape index (κ2) is 6.33. The van der Waals surface area contributed by atoms with Gasteiger partial charge in [0.05, 0.1) is 6.61 Å². The summed E-state index contributed by atoms with van der Waals surface area (Å²) in [5.74, 6) is 0. The first-order valence-corrected chi connectivity index (χ1v) is 7.38. The molecule has 0 unspecified atom stereocenters. The monoisotopic (exact) mass is 275 g/mol. The zero-order valence-electron chi connectivity index (χ0n) is 11.8. The number of thiophene rings is 1. The number of likely N-dealkylation sites (N-methyl/N-ethyl adjacent to an activating group) is 1. The van der Waals surface area contributed by atoms with E-state index in [4.69, 9.17) is 5.11 Å². The summed E-state index contributed by atoms with van der Waals surface area (Å²) < 4.78 is 0. The predicted molar refractivity (Wildman–Crippen MR) is 82.6 cm³/mol. The summed E-state index contributed by atoms with van der Waals surface area (Å²) in [6.07, 6.45) is 0. The number of hydrogen-bond acceptors (Lipinski definition) is 3. The van der Waals surface area contributed by atoms with Gasteiger partial charge in [0, 0.05) is 22.8 Å². The van der Waals surface area contributed by atoms with Gasteiger partial charge in [0.25, 0.3) is 0 Å². The summed E-state index contributed by atoms with van der Waals surface area (Å²) in [6.45, 7) is 6.11. The number of aryl methyl sites for hydroxylation is 2. The van der Waals surface area contributed by atoms with E-state index in [9.17, 15) is 0 Å². The lowest BCUT2D eigenvalue weighted by Crippen LogP contribution is -2.21. The van der Waals surface area contributed by atoms with Crippen molar-refractivity contribution in [3.63, 3.8) is 0 Å². The van der Waals surface area contributed by atoms with Crippen LogP contribution >= 0.6 is 11.3 Å². The van der Waals surface area contributed by atoms with Gasteiger partial charge < -0.3 is 5.11 Å². The average molecular weight is 275 g/mol. The Hall–Kier alpha value is -1.16. The van der Waals surface area contributed by atoms with E-state index in [1.165, 1.54) is 26.4 Å². The van der Waals surface area contributed by atoms with E-state index in [-0.39, 0.29) is 6.61 Å². The van der Waals surface area contributed by atoms with Gasteiger partial charge in [-0.1, -0.05) is 24.3 Å². The van der Waals surface area contributed by atoms with Crippen LogP contribution in [-0.2, 0) is 6.54 Å². The molecule has 0 spiro atoms. The molecule has 0 saturated heterocycles. The van der Waals surface area contributed by atoms with Crippen molar-refractivity contribution in [3.05, 3.63) is 46.3 Å². The smallest absolute Gasteiger partial charge is 0.0558 e. The topological polar surface area (TPSA) is 23.5 Å². The van der Waals surface area contributed by atoms with Crippen LogP contribution < -0.4 is 0 Å². The van der Waals surface area contributed by atoms with Crippen LogP contribution in [0.4, 0.5) is 0 Å². The molecule has 0 aliphatic carbocycles. The van der Waals surface area contributed by atoms with E-state index in [0.717, 1.165) is 6.54 Å². The Kier molecular flexibility index (Phi) is 4.75. The number of hydrogen-bond donors (Lipinski definition) is 1. The van der Waals surface area contributed by atoms with Crippen LogP contribution in [-0.4, -0.2) is 30.2 Å². The van der Waals surface area contributed by atoms with Gasteiger partial charge >= 0.3 is 0 Å². The van der Waals surface area contributed by atoms with Gasteiger partial charge in [0.2, 0.25) is 0 Å². The normalized spacial score (nSPS) is 11.2. The van der Waals surface area contributed by atoms with Gasteiger partial charge in [-0.3, -0.25) is 4.90 Å². The number of aliphatic hydroxyl groups excluding tert-OH is 1. The lowest BCUT2D eigenvalue weighted by atomic mass is 10.0. The van der Waals surface area contributed by atoms with Crippen molar-refractivity contribution in [2.75, 3.05) is 20.2 Å². The first-order valence-electron chi connectivity index (χ1n) is 6.56. The maximum atomic E-state index is 9.01. The van der Waals surface area contributed by atoms with E-state index in [2.05, 4.69) is 49.1 Å². The molecule has 0 radical (unpaired) electrons. The summed E-state index contributed by atoms with van der Waals surface area (Å²) in [7, 11) is 2.04. The van der Waals surface area contributed by atoms with Crippen LogP contribution in [0.1, 0.15) is 16.0 Å². The highest BCUT2D eigenvalue weighted by molar-refractivity contribution is 7.15. The summed E-state index contributed by atoms with van der Waals surface area (Å²) in [5, 5.41) is 9.01. The largest absolute Gasteiger partial charge is 0.395 e. The van der Waals surface area contributed by atoms with Gasteiger partial charge in [0.1, 0.15) is 0 Å². The molecule has 1 aromatic carbocycles. The predicted octanol–water partition coefficient (Wildman–Crippen LogP) is 3.46. The van der Waals surface area contributed by atoms with Crippen LogP contribution in [0, 0.1) is 13.8 Å². The minimum Gasteiger partial charge on any atom is -0.395 e. The molecule has 19 heavy (non-hydrogen) atoms. The van der Waals surface area contributed by atoms with Crippen molar-refractivity contribution in [1.82, 2.24) is 4.90 Å². The molecule has 0 aliphatic rings. The zero-order chi connectivity index (χ0) is 13.8. The van der Waals surface area contributed by atoms with Gasteiger partial charge in [-0.05, 0) is 43.7 Å². The number of rotatable bonds is 5. The van der Waals surface area contributed by atoms with Gasteiger partial charge in [-0.2, -0.15) is 0 Å². The van der Waals surface area contributed by atoms with Crippen molar-refractivity contribution in [3.8, 4) is 10.4 Å². The minimum absolute atomic E-state index is 0.204. The Balaban J connectivity index is 2.33. The van der Waals surface area contributed by atoms with Gasteiger partial charge in [-0.15, -0.1) is 11.3 Å². The van der Waals surface area contributed by atoms with E-state index in [0.29, 0.717) is 6.54 Å². The second-order valence-electron chi connectivity index (χ2n) is 4.99. The first kappa shape index (κ1) is 14.3. The molecule has 2 aromatic rings. The van der Waals surface area contributed by atoms with Crippen LogP contribution in [0.2, 0.25) is 0 Å². The van der Waals surface area contributed by atoms with E-state index >= 15 is 0 Å². The maximum Gasteiger partial charge on any atom is 0.0558 e. The Morgan fingerprint density at radius 3 is 2.58 bits per heavy atom. The van der Waals surface area contributed by atoms with E-state index < -0.39 is 0 Å². The SMILES string of the molecule is Cc1cc(C)c(-c2ccccc2CN(C)CCO)s1. The molecule has 0 bridgehead atoms. The Morgan fingerprint density at radius 2 is 1.95 bits per heavy atom. The van der Waals surface area contributed by atoms with Crippen molar-refractivity contribution < 1.29 is 5.11 Å². The molecule has 102 valence electrons. The van der Waals surface area contributed by atoms with Crippen molar-refractivity contribution in [1.29, 1.82) is 0 Å². The lowest BCUT2D eigenvalue weighted by molar-refractivity contribution is 0.217. The van der Waals surface area contributed by atoms with E-state index in [1.807, 2.05) is 18.4 Å². The Morgan fingerprint density at radius 1 is 1.21 bits per heavy atom.